The van der Waals surface area contributed by atoms with Crippen molar-refractivity contribution in [3.05, 3.63) is 0 Å². The van der Waals surface area contributed by atoms with Gasteiger partial charge in [0, 0.05) is 31.7 Å². The molecule has 0 radical (unpaired) electrons. The highest BCUT2D eigenvalue weighted by Crippen LogP contribution is 2.21. The van der Waals surface area contributed by atoms with Gasteiger partial charge in [0.1, 0.15) is 0 Å². The van der Waals surface area contributed by atoms with Crippen LogP contribution in [0.2, 0.25) is 0 Å². The number of piperazine rings is 1. The summed E-state index contributed by atoms with van der Waals surface area (Å²) in [5, 5.41) is 0. The summed E-state index contributed by atoms with van der Waals surface area (Å²) in [6.45, 7) is 8.56. The van der Waals surface area contributed by atoms with Crippen LogP contribution in [-0.2, 0) is 0 Å². The zero-order chi connectivity index (χ0) is 10.7. The first-order valence-electron chi connectivity index (χ1n) is 6.51. The number of hydrogen-bond acceptors (Lipinski definition) is 3. The summed E-state index contributed by atoms with van der Waals surface area (Å²) in [5.41, 5.74) is 5.96. The van der Waals surface area contributed by atoms with Crippen molar-refractivity contribution in [1.29, 1.82) is 0 Å². The lowest BCUT2D eigenvalue weighted by atomic mass is 10.1. The zero-order valence-corrected chi connectivity index (χ0v) is 9.99. The molecule has 2 aliphatic heterocycles. The molecule has 0 saturated carbocycles. The fourth-order valence-electron chi connectivity index (χ4n) is 2.81. The Hall–Kier alpha value is -0.120. The Balaban J connectivity index is 1.71. The minimum absolute atomic E-state index is 0.409. The molecule has 0 aliphatic carbocycles. The molecule has 3 heteroatoms. The molecule has 0 bridgehead atoms. The zero-order valence-electron chi connectivity index (χ0n) is 9.99. The van der Waals surface area contributed by atoms with Crippen molar-refractivity contribution in [2.75, 3.05) is 32.7 Å². The molecule has 15 heavy (non-hydrogen) atoms. The van der Waals surface area contributed by atoms with Crippen LogP contribution in [0, 0.1) is 0 Å². The molecule has 0 amide bonds. The maximum atomic E-state index is 5.96. The lowest BCUT2D eigenvalue weighted by Gasteiger charge is -2.37. The molecular formula is C12H25N3. The van der Waals surface area contributed by atoms with Gasteiger partial charge in [-0.3, -0.25) is 4.90 Å². The third-order valence-corrected chi connectivity index (χ3v) is 4.01. The fraction of sp³-hybridized carbons (Fsp3) is 1.00. The normalized spacial score (nSPS) is 30.4. The van der Waals surface area contributed by atoms with Crippen molar-refractivity contribution in [1.82, 2.24) is 9.80 Å². The van der Waals surface area contributed by atoms with E-state index in [1.807, 2.05) is 0 Å². The largest absolute Gasteiger partial charge is 0.328 e. The van der Waals surface area contributed by atoms with Gasteiger partial charge in [-0.15, -0.1) is 0 Å². The minimum Gasteiger partial charge on any atom is -0.328 e. The topological polar surface area (TPSA) is 32.5 Å². The summed E-state index contributed by atoms with van der Waals surface area (Å²) in [6.07, 6.45) is 5.11. The first-order chi connectivity index (χ1) is 7.29. The second kappa shape index (κ2) is 5.28. The van der Waals surface area contributed by atoms with Crippen molar-refractivity contribution in [3.8, 4) is 0 Å². The van der Waals surface area contributed by atoms with Gasteiger partial charge in [-0.1, -0.05) is 6.92 Å². The van der Waals surface area contributed by atoms with Gasteiger partial charge in [-0.05, 0) is 38.8 Å². The fourth-order valence-corrected chi connectivity index (χ4v) is 2.81. The van der Waals surface area contributed by atoms with Crippen LogP contribution in [0.3, 0.4) is 0 Å². The summed E-state index contributed by atoms with van der Waals surface area (Å²) in [4.78, 5) is 5.28. The average Bonchev–Trinajstić information content (AvgIpc) is 2.72. The summed E-state index contributed by atoms with van der Waals surface area (Å²) in [7, 11) is 0. The van der Waals surface area contributed by atoms with Gasteiger partial charge in [-0.2, -0.15) is 0 Å². The SMILES string of the molecule is CCC(N)CCN1CCN2CCCC2C1. The predicted molar refractivity (Wildman–Crippen MR) is 63.9 cm³/mol. The molecule has 0 aromatic heterocycles. The van der Waals surface area contributed by atoms with Crippen molar-refractivity contribution >= 4 is 0 Å². The first-order valence-corrected chi connectivity index (χ1v) is 6.51. The highest BCUT2D eigenvalue weighted by Gasteiger charge is 2.30. The van der Waals surface area contributed by atoms with Gasteiger partial charge >= 0.3 is 0 Å². The van der Waals surface area contributed by atoms with E-state index < -0.39 is 0 Å². The molecule has 2 fully saturated rings. The number of nitrogens with two attached hydrogens (primary N) is 1. The summed E-state index contributed by atoms with van der Waals surface area (Å²) >= 11 is 0. The van der Waals surface area contributed by atoms with E-state index in [0.717, 1.165) is 12.5 Å². The Labute approximate surface area is 93.6 Å². The van der Waals surface area contributed by atoms with Gasteiger partial charge in [0.25, 0.3) is 0 Å². The molecule has 88 valence electrons. The number of rotatable bonds is 4. The van der Waals surface area contributed by atoms with Crippen molar-refractivity contribution in [2.24, 2.45) is 5.73 Å². The Bertz CT molecular complexity index is 195. The summed E-state index contributed by atoms with van der Waals surface area (Å²) in [6, 6.07) is 1.27. The minimum atomic E-state index is 0.409. The van der Waals surface area contributed by atoms with E-state index >= 15 is 0 Å². The van der Waals surface area contributed by atoms with Crippen molar-refractivity contribution in [2.45, 2.75) is 44.7 Å². The second-order valence-electron chi connectivity index (χ2n) is 5.09. The third-order valence-electron chi connectivity index (χ3n) is 4.01. The van der Waals surface area contributed by atoms with Crippen LogP contribution in [0.1, 0.15) is 32.6 Å². The molecule has 3 nitrogen and oxygen atoms in total. The van der Waals surface area contributed by atoms with Crippen molar-refractivity contribution < 1.29 is 0 Å². The number of nitrogens with zero attached hydrogens (tertiary/aromatic N) is 2. The Morgan fingerprint density at radius 1 is 1.33 bits per heavy atom. The predicted octanol–water partition coefficient (Wildman–Crippen LogP) is 0.894. The van der Waals surface area contributed by atoms with E-state index in [1.54, 1.807) is 0 Å². The van der Waals surface area contributed by atoms with Gasteiger partial charge in [0.15, 0.2) is 0 Å². The highest BCUT2D eigenvalue weighted by molar-refractivity contribution is 4.86. The molecule has 0 aromatic carbocycles. The lowest BCUT2D eigenvalue weighted by molar-refractivity contribution is 0.102. The highest BCUT2D eigenvalue weighted by atomic mass is 15.3. The van der Waals surface area contributed by atoms with Crippen LogP contribution in [0.15, 0.2) is 0 Å². The van der Waals surface area contributed by atoms with E-state index in [0.29, 0.717) is 6.04 Å². The molecule has 2 unspecified atom stereocenters. The average molecular weight is 211 g/mol. The second-order valence-corrected chi connectivity index (χ2v) is 5.09. The Morgan fingerprint density at radius 3 is 3.00 bits per heavy atom. The molecule has 2 atom stereocenters. The summed E-state index contributed by atoms with van der Waals surface area (Å²) < 4.78 is 0. The third kappa shape index (κ3) is 2.92. The maximum absolute atomic E-state index is 5.96. The van der Waals surface area contributed by atoms with E-state index in [9.17, 15) is 0 Å². The van der Waals surface area contributed by atoms with Crippen LogP contribution < -0.4 is 5.73 Å². The van der Waals surface area contributed by atoms with Gasteiger partial charge < -0.3 is 10.6 Å². The van der Waals surface area contributed by atoms with Crippen LogP contribution in [0.5, 0.6) is 0 Å². The molecule has 2 heterocycles. The van der Waals surface area contributed by atoms with Crippen LogP contribution >= 0.6 is 0 Å². The molecule has 0 spiro atoms. The first kappa shape index (κ1) is 11.4. The molecule has 2 saturated heterocycles. The molecule has 2 N–H and O–H groups in total. The Morgan fingerprint density at radius 2 is 2.20 bits per heavy atom. The lowest BCUT2D eigenvalue weighted by Crippen LogP contribution is -2.50. The van der Waals surface area contributed by atoms with E-state index in [-0.39, 0.29) is 0 Å². The van der Waals surface area contributed by atoms with Crippen molar-refractivity contribution in [3.63, 3.8) is 0 Å². The smallest absolute Gasteiger partial charge is 0.0224 e. The van der Waals surface area contributed by atoms with Crippen LogP contribution in [0.25, 0.3) is 0 Å². The van der Waals surface area contributed by atoms with Crippen LogP contribution in [-0.4, -0.2) is 54.6 Å². The van der Waals surface area contributed by atoms with Gasteiger partial charge in [-0.25, -0.2) is 0 Å². The number of hydrogen-bond donors (Lipinski definition) is 1. The Kier molecular flexibility index (Phi) is 4.00. The molecule has 2 rings (SSSR count). The van der Waals surface area contributed by atoms with Gasteiger partial charge in [0.05, 0.1) is 0 Å². The van der Waals surface area contributed by atoms with Crippen LogP contribution in [0.4, 0.5) is 0 Å². The quantitative estimate of drug-likeness (QED) is 0.750. The summed E-state index contributed by atoms with van der Waals surface area (Å²) in [5.74, 6) is 0. The molecule has 2 aliphatic rings. The van der Waals surface area contributed by atoms with E-state index in [2.05, 4.69) is 16.7 Å². The molecule has 0 aromatic rings. The number of fused-ring (bicyclic) bond motifs is 1. The molecular weight excluding hydrogens is 186 g/mol. The maximum Gasteiger partial charge on any atom is 0.0224 e. The van der Waals surface area contributed by atoms with E-state index in [1.165, 1.54) is 52.0 Å². The monoisotopic (exact) mass is 211 g/mol. The van der Waals surface area contributed by atoms with Gasteiger partial charge in [0.2, 0.25) is 0 Å². The van der Waals surface area contributed by atoms with E-state index in [4.69, 9.17) is 5.73 Å². The standard InChI is InChI=1S/C12H25N3/c1-2-11(13)5-7-14-8-9-15-6-3-4-12(15)10-14/h11-12H,2-10,13H2,1H3.